The van der Waals surface area contributed by atoms with Gasteiger partial charge in [0.1, 0.15) is 4.47 Å². The number of nitrogens with one attached hydrogen (secondary N) is 1. The van der Waals surface area contributed by atoms with E-state index in [2.05, 4.69) is 26.3 Å². The van der Waals surface area contributed by atoms with Gasteiger partial charge in [-0.15, -0.1) is 0 Å². The van der Waals surface area contributed by atoms with E-state index in [0.717, 1.165) is 0 Å². The molecule has 1 N–H and O–H groups in total. The van der Waals surface area contributed by atoms with Crippen molar-refractivity contribution in [2.45, 2.75) is 20.4 Å². The summed E-state index contributed by atoms with van der Waals surface area (Å²) in [5, 5.41) is 7.00. The normalized spacial score (nSPS) is 12.1. The molecule has 0 aromatic carbocycles. The molecular formula is C12H21BrN4O3S. The van der Waals surface area contributed by atoms with Crippen molar-refractivity contribution in [3.8, 4) is 0 Å². The molecule has 1 aromatic heterocycles. The van der Waals surface area contributed by atoms with Crippen molar-refractivity contribution in [3.05, 3.63) is 21.0 Å². The van der Waals surface area contributed by atoms with Gasteiger partial charge < -0.3 is 5.32 Å². The average molecular weight is 381 g/mol. The highest BCUT2D eigenvalue weighted by molar-refractivity contribution is 9.10. The lowest BCUT2D eigenvalue weighted by atomic mass is 10.2. The first kappa shape index (κ1) is 18.1. The number of hydrogen-bond donors (Lipinski definition) is 1. The SMILES string of the molecule is CC(C)Cn1ncc(NCCS(=O)(=O)N(C)C)c(Br)c1=O. The second-order valence-corrected chi connectivity index (χ2v) is 8.37. The molecule has 0 bridgehead atoms. The monoisotopic (exact) mass is 380 g/mol. The lowest BCUT2D eigenvalue weighted by molar-refractivity contribution is 0.462. The Morgan fingerprint density at radius 2 is 2.05 bits per heavy atom. The van der Waals surface area contributed by atoms with E-state index < -0.39 is 10.0 Å². The van der Waals surface area contributed by atoms with Crippen LogP contribution in [0.25, 0.3) is 0 Å². The summed E-state index contributed by atoms with van der Waals surface area (Å²) in [7, 11) is -0.292. The van der Waals surface area contributed by atoms with Gasteiger partial charge in [0.05, 0.1) is 17.6 Å². The zero-order chi connectivity index (χ0) is 16.2. The maximum Gasteiger partial charge on any atom is 0.283 e. The third-order valence-electron chi connectivity index (χ3n) is 2.75. The minimum atomic E-state index is -3.26. The van der Waals surface area contributed by atoms with Crippen LogP contribution in [0.5, 0.6) is 0 Å². The molecule has 0 atom stereocenters. The number of sulfonamides is 1. The predicted molar refractivity (Wildman–Crippen MR) is 87.0 cm³/mol. The largest absolute Gasteiger partial charge is 0.382 e. The standard InChI is InChI=1S/C12H21BrN4O3S/c1-9(2)8-17-12(18)11(13)10(7-15-17)14-5-6-21(19,20)16(3)4/h7,9,14H,5-6,8H2,1-4H3. The molecule has 0 amide bonds. The second kappa shape index (κ2) is 7.37. The van der Waals surface area contributed by atoms with E-state index >= 15 is 0 Å². The van der Waals surface area contributed by atoms with Crippen LogP contribution >= 0.6 is 15.9 Å². The summed E-state index contributed by atoms with van der Waals surface area (Å²) in [4.78, 5) is 12.1. The van der Waals surface area contributed by atoms with Crippen molar-refractivity contribution < 1.29 is 8.42 Å². The molecule has 120 valence electrons. The van der Waals surface area contributed by atoms with Crippen LogP contribution in [-0.4, -0.2) is 48.9 Å². The van der Waals surface area contributed by atoms with Crippen LogP contribution in [-0.2, 0) is 16.6 Å². The van der Waals surface area contributed by atoms with Gasteiger partial charge in [0, 0.05) is 27.2 Å². The Kier molecular flexibility index (Phi) is 6.36. The Morgan fingerprint density at radius 1 is 1.43 bits per heavy atom. The van der Waals surface area contributed by atoms with E-state index in [-0.39, 0.29) is 17.9 Å². The molecular weight excluding hydrogens is 360 g/mol. The highest BCUT2D eigenvalue weighted by Gasteiger charge is 2.14. The summed E-state index contributed by atoms with van der Waals surface area (Å²) in [5.41, 5.74) is 0.262. The van der Waals surface area contributed by atoms with Crippen LogP contribution in [0.4, 0.5) is 5.69 Å². The molecule has 21 heavy (non-hydrogen) atoms. The van der Waals surface area contributed by atoms with Gasteiger partial charge in [-0.25, -0.2) is 17.4 Å². The van der Waals surface area contributed by atoms with E-state index in [1.54, 1.807) is 0 Å². The molecule has 1 rings (SSSR count). The molecule has 0 saturated carbocycles. The van der Waals surface area contributed by atoms with Crippen LogP contribution in [0.15, 0.2) is 15.5 Å². The Morgan fingerprint density at radius 3 is 2.57 bits per heavy atom. The minimum Gasteiger partial charge on any atom is -0.382 e. The summed E-state index contributed by atoms with van der Waals surface area (Å²) < 4.78 is 26.2. The summed E-state index contributed by atoms with van der Waals surface area (Å²) in [6, 6.07) is 0. The first-order valence-electron chi connectivity index (χ1n) is 6.55. The molecule has 0 aliphatic carbocycles. The van der Waals surface area contributed by atoms with E-state index in [9.17, 15) is 13.2 Å². The molecule has 0 spiro atoms. The van der Waals surface area contributed by atoms with Gasteiger partial charge in [-0.1, -0.05) is 13.8 Å². The van der Waals surface area contributed by atoms with Gasteiger partial charge >= 0.3 is 0 Å². The van der Waals surface area contributed by atoms with Crippen molar-refractivity contribution >= 4 is 31.6 Å². The molecule has 0 unspecified atom stereocenters. The maximum atomic E-state index is 12.1. The summed E-state index contributed by atoms with van der Waals surface area (Å²) in [5.74, 6) is 0.257. The fraction of sp³-hybridized carbons (Fsp3) is 0.667. The molecule has 7 nitrogen and oxygen atoms in total. The average Bonchev–Trinajstić information content (AvgIpc) is 2.37. The number of rotatable bonds is 7. The predicted octanol–water partition coefficient (Wildman–Crippen LogP) is 0.965. The molecule has 0 saturated heterocycles. The number of nitrogens with zero attached hydrogens (tertiary/aromatic N) is 3. The molecule has 0 aliphatic heterocycles. The first-order chi connectivity index (χ1) is 9.65. The third-order valence-corrected chi connectivity index (χ3v) is 5.35. The van der Waals surface area contributed by atoms with Crippen molar-refractivity contribution in [2.24, 2.45) is 5.92 Å². The number of hydrogen-bond acceptors (Lipinski definition) is 5. The number of aromatic nitrogens is 2. The Hall–Kier alpha value is -0.930. The smallest absolute Gasteiger partial charge is 0.283 e. The molecule has 0 aliphatic rings. The van der Waals surface area contributed by atoms with Crippen molar-refractivity contribution in [1.82, 2.24) is 14.1 Å². The fourth-order valence-electron chi connectivity index (χ4n) is 1.56. The van der Waals surface area contributed by atoms with Crippen LogP contribution in [0.1, 0.15) is 13.8 Å². The lowest BCUT2D eigenvalue weighted by Crippen LogP contribution is -2.30. The Balaban J connectivity index is 2.78. The highest BCUT2D eigenvalue weighted by atomic mass is 79.9. The van der Waals surface area contributed by atoms with Crippen LogP contribution in [0.2, 0.25) is 0 Å². The lowest BCUT2D eigenvalue weighted by Gasteiger charge is -2.13. The van der Waals surface area contributed by atoms with E-state index in [1.165, 1.54) is 29.3 Å². The van der Waals surface area contributed by atoms with Gasteiger partial charge in [-0.2, -0.15) is 5.10 Å². The molecule has 0 radical (unpaired) electrons. The van der Waals surface area contributed by atoms with E-state index in [1.807, 2.05) is 13.8 Å². The highest BCUT2D eigenvalue weighted by Crippen LogP contribution is 2.16. The van der Waals surface area contributed by atoms with Gasteiger partial charge in [-0.05, 0) is 21.8 Å². The zero-order valence-electron chi connectivity index (χ0n) is 12.6. The summed E-state index contributed by atoms with van der Waals surface area (Å²) in [6.45, 7) is 4.74. The Labute approximate surface area is 133 Å². The first-order valence-corrected chi connectivity index (χ1v) is 8.95. The molecule has 1 aromatic rings. The van der Waals surface area contributed by atoms with Crippen molar-refractivity contribution in [3.63, 3.8) is 0 Å². The van der Waals surface area contributed by atoms with Gasteiger partial charge in [0.2, 0.25) is 10.0 Å². The fourth-order valence-corrected chi connectivity index (χ4v) is 2.73. The van der Waals surface area contributed by atoms with Crippen molar-refractivity contribution in [1.29, 1.82) is 0 Å². The summed E-state index contributed by atoms with van der Waals surface area (Å²) >= 11 is 3.23. The molecule has 0 fully saturated rings. The zero-order valence-corrected chi connectivity index (χ0v) is 15.0. The van der Waals surface area contributed by atoms with Crippen LogP contribution in [0.3, 0.4) is 0 Å². The summed E-state index contributed by atoms with van der Waals surface area (Å²) in [6.07, 6.45) is 1.52. The Bertz CT molecular complexity index is 640. The van der Waals surface area contributed by atoms with Crippen molar-refractivity contribution in [2.75, 3.05) is 31.7 Å². The van der Waals surface area contributed by atoms with Crippen LogP contribution in [0, 0.1) is 5.92 Å². The topological polar surface area (TPSA) is 84.3 Å². The molecule has 1 heterocycles. The minimum absolute atomic E-state index is 0.0540. The van der Waals surface area contributed by atoms with Crippen LogP contribution < -0.4 is 10.9 Å². The molecule has 9 heteroatoms. The number of halogens is 1. The van der Waals surface area contributed by atoms with Gasteiger partial charge in [0.15, 0.2) is 0 Å². The van der Waals surface area contributed by atoms with E-state index in [4.69, 9.17) is 0 Å². The third kappa shape index (κ3) is 5.08. The van der Waals surface area contributed by atoms with Gasteiger partial charge in [0.25, 0.3) is 5.56 Å². The quantitative estimate of drug-likeness (QED) is 0.761. The number of anilines is 1. The maximum absolute atomic E-state index is 12.1. The van der Waals surface area contributed by atoms with E-state index in [0.29, 0.717) is 22.6 Å². The van der Waals surface area contributed by atoms with Gasteiger partial charge in [-0.3, -0.25) is 4.79 Å². The second-order valence-electron chi connectivity index (χ2n) is 5.28.